The summed E-state index contributed by atoms with van der Waals surface area (Å²) in [5, 5.41) is 2.48. The van der Waals surface area contributed by atoms with Crippen LogP contribution in [0.3, 0.4) is 0 Å². The minimum atomic E-state index is -0.949. The predicted octanol–water partition coefficient (Wildman–Crippen LogP) is 2.87. The summed E-state index contributed by atoms with van der Waals surface area (Å²) in [4.78, 5) is 15.9. The van der Waals surface area contributed by atoms with Crippen molar-refractivity contribution in [2.45, 2.75) is 65.3 Å². The van der Waals surface area contributed by atoms with Gasteiger partial charge in [-0.05, 0) is 60.6 Å². The van der Waals surface area contributed by atoms with Crippen molar-refractivity contribution in [2.24, 2.45) is 0 Å². The van der Waals surface area contributed by atoms with Crippen LogP contribution in [0.15, 0.2) is 12.1 Å². The number of hydrogen-bond acceptors (Lipinski definition) is 5. The zero-order chi connectivity index (χ0) is 18.3. The van der Waals surface area contributed by atoms with Crippen molar-refractivity contribution in [3.05, 3.63) is 17.9 Å². The summed E-state index contributed by atoms with van der Waals surface area (Å²) in [6.07, 6.45) is -0.665. The molecule has 132 valence electrons. The van der Waals surface area contributed by atoms with Crippen molar-refractivity contribution in [3.8, 4) is 0 Å². The van der Waals surface area contributed by atoms with Crippen LogP contribution >= 0.6 is 0 Å². The van der Waals surface area contributed by atoms with Gasteiger partial charge in [0, 0.05) is 0 Å². The summed E-state index contributed by atoms with van der Waals surface area (Å²) in [5.74, 6) is -0.404. The molecule has 0 saturated carbocycles. The molecule has 1 amide bonds. The summed E-state index contributed by atoms with van der Waals surface area (Å²) >= 11 is 0. The van der Waals surface area contributed by atoms with Crippen LogP contribution in [-0.4, -0.2) is 35.0 Å². The number of ether oxygens (including phenoxy) is 1. The fraction of sp³-hybridized carbons (Fsp3) is 0.625. The highest BCUT2D eigenvalue weighted by atomic mass is 19.1. The number of pyridine rings is 1. The van der Waals surface area contributed by atoms with Crippen LogP contribution in [0.1, 0.15) is 48.5 Å². The zero-order valence-corrected chi connectivity index (χ0v) is 15.2. The van der Waals surface area contributed by atoms with Crippen LogP contribution in [0.4, 0.5) is 15.0 Å². The van der Waals surface area contributed by atoms with Crippen LogP contribution in [0.5, 0.6) is 0 Å². The second-order valence-corrected chi connectivity index (χ2v) is 7.78. The number of carbonyl (C=O) groups is 1. The number of halogens is 1. The first-order valence-electron chi connectivity index (χ1n) is 7.83. The minimum Gasteiger partial charge on any atom is -0.444 e. The fourth-order valence-corrected chi connectivity index (χ4v) is 2.06. The molecule has 1 aromatic heterocycles. The normalized spacial score (nSPS) is 19.2. The Balaban J connectivity index is 2.20. The van der Waals surface area contributed by atoms with Gasteiger partial charge in [0.2, 0.25) is 0 Å². The Morgan fingerprint density at radius 1 is 1.21 bits per heavy atom. The standard InChI is InChI=1S/C16H24BFN2O4/c1-14(2,3)22-13(21)20-11-9-8-10(18)12(19-11)17-23-15(4,5)16(6,7)24-17/h8-9H,1-7H3,(H,19,20,21). The quantitative estimate of drug-likeness (QED) is 0.840. The third-order valence-electron chi connectivity index (χ3n) is 3.98. The summed E-state index contributed by atoms with van der Waals surface area (Å²) < 4.78 is 30.9. The van der Waals surface area contributed by atoms with Crippen molar-refractivity contribution < 1.29 is 23.2 Å². The van der Waals surface area contributed by atoms with Gasteiger partial charge in [-0.25, -0.2) is 14.2 Å². The lowest BCUT2D eigenvalue weighted by molar-refractivity contribution is 0.00578. The summed E-state index contributed by atoms with van der Waals surface area (Å²) in [5.41, 5.74) is -1.87. The first kappa shape index (κ1) is 18.7. The molecule has 24 heavy (non-hydrogen) atoms. The van der Waals surface area contributed by atoms with E-state index in [0.29, 0.717) is 0 Å². The van der Waals surface area contributed by atoms with Crippen LogP contribution in [0, 0.1) is 5.82 Å². The fourth-order valence-electron chi connectivity index (χ4n) is 2.06. The van der Waals surface area contributed by atoms with E-state index in [1.807, 2.05) is 27.7 Å². The van der Waals surface area contributed by atoms with E-state index in [0.717, 1.165) is 0 Å². The Hall–Kier alpha value is -1.67. The van der Waals surface area contributed by atoms with E-state index in [-0.39, 0.29) is 11.4 Å². The van der Waals surface area contributed by atoms with Crippen molar-refractivity contribution in [1.29, 1.82) is 0 Å². The number of hydrogen-bond donors (Lipinski definition) is 1. The van der Waals surface area contributed by atoms with Crippen LogP contribution < -0.4 is 10.9 Å². The maximum absolute atomic E-state index is 14.2. The molecule has 0 spiro atoms. The van der Waals surface area contributed by atoms with Crippen molar-refractivity contribution in [3.63, 3.8) is 0 Å². The molecule has 2 rings (SSSR count). The molecular weight excluding hydrogens is 314 g/mol. The van der Waals surface area contributed by atoms with Gasteiger partial charge in [0.1, 0.15) is 22.8 Å². The van der Waals surface area contributed by atoms with Gasteiger partial charge in [-0.1, -0.05) is 0 Å². The molecule has 1 aliphatic rings. The monoisotopic (exact) mass is 338 g/mol. The molecule has 0 atom stereocenters. The highest BCUT2D eigenvalue weighted by Crippen LogP contribution is 2.36. The molecule has 1 N–H and O–H groups in total. The molecule has 2 heterocycles. The Morgan fingerprint density at radius 2 is 1.75 bits per heavy atom. The average molecular weight is 338 g/mol. The van der Waals surface area contributed by atoms with Gasteiger partial charge in [-0.3, -0.25) is 5.32 Å². The van der Waals surface area contributed by atoms with E-state index in [4.69, 9.17) is 14.0 Å². The molecular formula is C16H24BFN2O4. The molecule has 6 nitrogen and oxygen atoms in total. The Labute approximate surface area is 142 Å². The highest BCUT2D eigenvalue weighted by Gasteiger charge is 2.53. The molecule has 0 unspecified atom stereocenters. The van der Waals surface area contributed by atoms with Crippen LogP contribution in [0.2, 0.25) is 0 Å². The van der Waals surface area contributed by atoms with Crippen LogP contribution in [-0.2, 0) is 14.0 Å². The lowest BCUT2D eigenvalue weighted by Gasteiger charge is -2.32. The number of amides is 1. The molecule has 1 aliphatic heterocycles. The molecule has 0 radical (unpaired) electrons. The highest BCUT2D eigenvalue weighted by molar-refractivity contribution is 6.61. The second-order valence-electron chi connectivity index (χ2n) is 7.78. The topological polar surface area (TPSA) is 69.7 Å². The number of nitrogens with zero attached hydrogens (tertiary/aromatic N) is 1. The van der Waals surface area contributed by atoms with Crippen molar-refractivity contribution in [2.75, 3.05) is 5.32 Å². The lowest BCUT2D eigenvalue weighted by Crippen LogP contribution is -2.41. The number of aromatic nitrogens is 1. The molecule has 0 bridgehead atoms. The van der Waals surface area contributed by atoms with E-state index in [1.165, 1.54) is 12.1 Å². The molecule has 1 fully saturated rings. The third-order valence-corrected chi connectivity index (χ3v) is 3.98. The minimum absolute atomic E-state index is 0.0118. The number of carbonyl (C=O) groups excluding carboxylic acids is 1. The summed E-state index contributed by atoms with van der Waals surface area (Å²) in [6, 6.07) is 2.56. The van der Waals surface area contributed by atoms with Gasteiger partial charge in [-0.2, -0.15) is 0 Å². The van der Waals surface area contributed by atoms with E-state index in [9.17, 15) is 9.18 Å². The Kier molecular flexibility index (Phi) is 4.67. The largest absolute Gasteiger partial charge is 0.517 e. The third kappa shape index (κ3) is 4.05. The first-order valence-corrected chi connectivity index (χ1v) is 7.83. The van der Waals surface area contributed by atoms with Gasteiger partial charge in [0.25, 0.3) is 0 Å². The van der Waals surface area contributed by atoms with E-state index in [1.54, 1.807) is 20.8 Å². The summed E-state index contributed by atoms with van der Waals surface area (Å²) in [7, 11) is -0.949. The van der Waals surface area contributed by atoms with Gasteiger partial charge in [0.15, 0.2) is 0 Å². The predicted molar refractivity (Wildman–Crippen MR) is 89.8 cm³/mol. The van der Waals surface area contributed by atoms with Gasteiger partial charge >= 0.3 is 13.2 Å². The maximum Gasteiger partial charge on any atom is 0.517 e. The van der Waals surface area contributed by atoms with Gasteiger partial charge in [-0.15, -0.1) is 0 Å². The first-order chi connectivity index (χ1) is 10.8. The lowest BCUT2D eigenvalue weighted by atomic mass is 9.83. The number of anilines is 1. The van der Waals surface area contributed by atoms with Crippen LogP contribution in [0.25, 0.3) is 0 Å². The Bertz CT molecular complexity index is 627. The molecule has 0 aliphatic carbocycles. The second kappa shape index (κ2) is 6.00. The Morgan fingerprint density at radius 3 is 2.25 bits per heavy atom. The molecule has 0 aromatic carbocycles. The van der Waals surface area contributed by atoms with Gasteiger partial charge in [0.05, 0.1) is 11.2 Å². The maximum atomic E-state index is 14.2. The van der Waals surface area contributed by atoms with Crippen molar-refractivity contribution in [1.82, 2.24) is 4.98 Å². The zero-order valence-electron chi connectivity index (χ0n) is 15.2. The van der Waals surface area contributed by atoms with E-state index in [2.05, 4.69) is 10.3 Å². The molecule has 8 heteroatoms. The molecule has 1 saturated heterocycles. The smallest absolute Gasteiger partial charge is 0.444 e. The summed E-state index contributed by atoms with van der Waals surface area (Å²) in [6.45, 7) is 12.7. The van der Waals surface area contributed by atoms with Gasteiger partial charge < -0.3 is 14.0 Å². The van der Waals surface area contributed by atoms with Crippen molar-refractivity contribution >= 4 is 24.6 Å². The number of rotatable bonds is 2. The average Bonchev–Trinajstić information content (AvgIpc) is 2.58. The van der Waals surface area contributed by atoms with E-state index < -0.39 is 35.8 Å². The SMILES string of the molecule is CC(C)(C)OC(=O)Nc1ccc(F)c(B2OC(C)(C)C(C)(C)O2)n1. The number of nitrogens with one attached hydrogen (secondary N) is 1. The van der Waals surface area contributed by atoms with E-state index >= 15 is 0 Å². The molecule has 1 aromatic rings.